The van der Waals surface area contributed by atoms with Crippen molar-refractivity contribution in [2.45, 2.75) is 31.6 Å². The third kappa shape index (κ3) is 4.47. The van der Waals surface area contributed by atoms with Gasteiger partial charge in [0.05, 0.1) is 22.4 Å². The van der Waals surface area contributed by atoms with Crippen molar-refractivity contribution in [2.24, 2.45) is 0 Å². The maximum Gasteiger partial charge on any atom is 0.152 e. The van der Waals surface area contributed by atoms with Crippen LogP contribution in [0.2, 0.25) is 0 Å². The first kappa shape index (κ1) is 16.5. The van der Waals surface area contributed by atoms with Gasteiger partial charge in [-0.3, -0.25) is 0 Å². The van der Waals surface area contributed by atoms with E-state index < -0.39 is 21.2 Å². The van der Waals surface area contributed by atoms with Gasteiger partial charge in [0.2, 0.25) is 0 Å². The third-order valence-electron chi connectivity index (χ3n) is 2.88. The monoisotopic (exact) mass is 350 g/mol. The fourth-order valence-corrected chi connectivity index (χ4v) is 2.67. The molecule has 108 valence electrons. The van der Waals surface area contributed by atoms with Gasteiger partial charge in [0.1, 0.15) is 5.75 Å². The van der Waals surface area contributed by atoms with E-state index in [1.54, 1.807) is 18.2 Å². The lowest BCUT2D eigenvalue weighted by Crippen LogP contribution is -2.24. The molecule has 1 N–H and O–H groups in total. The Kier molecular flexibility index (Phi) is 5.82. The predicted molar refractivity (Wildman–Crippen MR) is 79.2 cm³/mol. The summed E-state index contributed by atoms with van der Waals surface area (Å²) in [4.78, 5) is 0. The second-order valence-electron chi connectivity index (χ2n) is 4.52. The molecule has 6 heteroatoms. The molecule has 0 saturated carbocycles. The first-order valence-corrected chi connectivity index (χ1v) is 8.81. The van der Waals surface area contributed by atoms with Crippen LogP contribution in [0.4, 0.5) is 0 Å². The van der Waals surface area contributed by atoms with Crippen molar-refractivity contribution in [1.82, 2.24) is 0 Å². The Hall–Kier alpha value is -0.590. The van der Waals surface area contributed by atoms with Crippen molar-refractivity contribution in [3.05, 3.63) is 28.2 Å². The Bertz CT molecular complexity index is 527. The summed E-state index contributed by atoms with van der Waals surface area (Å²) in [5.41, 5.74) is 0.550. The highest BCUT2D eigenvalue weighted by molar-refractivity contribution is 9.10. The summed E-state index contributed by atoms with van der Waals surface area (Å²) in [5.74, 6) is 0.685. The molecule has 1 rings (SSSR count). The Balaban J connectivity index is 2.94. The lowest BCUT2D eigenvalue weighted by molar-refractivity contribution is 0.176. The van der Waals surface area contributed by atoms with E-state index in [9.17, 15) is 13.5 Å². The molecule has 4 nitrogen and oxygen atoms in total. The van der Waals surface area contributed by atoms with E-state index in [-0.39, 0.29) is 0 Å². The second kappa shape index (κ2) is 6.72. The molecule has 2 atom stereocenters. The van der Waals surface area contributed by atoms with Crippen LogP contribution < -0.4 is 4.74 Å². The molecule has 2 unspecified atom stereocenters. The highest BCUT2D eigenvalue weighted by Gasteiger charge is 2.25. The quantitative estimate of drug-likeness (QED) is 0.856. The van der Waals surface area contributed by atoms with E-state index in [2.05, 4.69) is 15.9 Å². The highest BCUT2D eigenvalue weighted by atomic mass is 79.9. The number of hydrogen-bond acceptors (Lipinski definition) is 4. The van der Waals surface area contributed by atoms with Crippen LogP contribution in [0, 0.1) is 0 Å². The van der Waals surface area contributed by atoms with Crippen molar-refractivity contribution in [1.29, 1.82) is 0 Å². The van der Waals surface area contributed by atoms with Gasteiger partial charge in [0.25, 0.3) is 0 Å². The van der Waals surface area contributed by atoms with Crippen LogP contribution in [0.3, 0.4) is 0 Å². The van der Waals surface area contributed by atoms with Crippen LogP contribution >= 0.6 is 15.9 Å². The number of sulfone groups is 1. The average molecular weight is 351 g/mol. The first-order valence-electron chi connectivity index (χ1n) is 6.06. The summed E-state index contributed by atoms with van der Waals surface area (Å²) in [6.45, 7) is 4.12. The molecule has 0 saturated heterocycles. The number of benzene rings is 1. The first-order chi connectivity index (χ1) is 8.77. The zero-order valence-corrected chi connectivity index (χ0v) is 13.7. The average Bonchev–Trinajstić information content (AvgIpc) is 2.34. The van der Waals surface area contributed by atoms with E-state index in [1.165, 1.54) is 6.92 Å². The normalized spacial score (nSPS) is 15.0. The summed E-state index contributed by atoms with van der Waals surface area (Å²) >= 11 is 3.36. The molecule has 0 heterocycles. The molecule has 0 aromatic heterocycles. The third-order valence-corrected chi connectivity index (χ3v) is 5.11. The Morgan fingerprint density at radius 3 is 2.53 bits per heavy atom. The molecule has 1 aromatic rings. The van der Waals surface area contributed by atoms with E-state index in [0.717, 1.165) is 12.7 Å². The maximum atomic E-state index is 11.4. The number of ether oxygens (including phenoxy) is 1. The van der Waals surface area contributed by atoms with Gasteiger partial charge in [-0.05, 0) is 47.0 Å². The van der Waals surface area contributed by atoms with E-state index in [1.807, 2.05) is 6.92 Å². The van der Waals surface area contributed by atoms with Crippen LogP contribution in [-0.4, -0.2) is 31.6 Å². The van der Waals surface area contributed by atoms with Crippen LogP contribution in [0.1, 0.15) is 31.9 Å². The van der Waals surface area contributed by atoms with Gasteiger partial charge in [-0.2, -0.15) is 0 Å². The summed E-state index contributed by atoms with van der Waals surface area (Å²) < 4.78 is 29.1. The zero-order chi connectivity index (χ0) is 14.6. The van der Waals surface area contributed by atoms with Crippen molar-refractivity contribution in [2.75, 3.05) is 12.9 Å². The number of rotatable bonds is 6. The van der Waals surface area contributed by atoms with E-state index in [4.69, 9.17) is 4.74 Å². The molecule has 0 aliphatic carbocycles. The standard InChI is InChI=1S/C13H19BrO4S/c1-4-7-18-12-6-5-10(8-11(12)14)13(15)9(2)19(3,16)17/h5-6,8-9,13,15H,4,7H2,1-3H3. The van der Waals surface area contributed by atoms with Gasteiger partial charge in [-0.25, -0.2) is 8.42 Å². The Morgan fingerprint density at radius 2 is 2.05 bits per heavy atom. The fourth-order valence-electron chi connectivity index (χ4n) is 1.54. The van der Waals surface area contributed by atoms with Crippen molar-refractivity contribution < 1.29 is 18.3 Å². The molecule has 1 aromatic carbocycles. The van der Waals surface area contributed by atoms with Gasteiger partial charge < -0.3 is 9.84 Å². The molecule has 0 aliphatic heterocycles. The van der Waals surface area contributed by atoms with Gasteiger partial charge in [0, 0.05) is 6.26 Å². The lowest BCUT2D eigenvalue weighted by atomic mass is 10.1. The summed E-state index contributed by atoms with van der Waals surface area (Å²) in [7, 11) is -3.28. The summed E-state index contributed by atoms with van der Waals surface area (Å²) in [5, 5.41) is 9.23. The Labute approximate surface area is 122 Å². The molecule has 0 fully saturated rings. The van der Waals surface area contributed by atoms with Crippen LogP contribution in [0.25, 0.3) is 0 Å². The minimum absolute atomic E-state index is 0.550. The number of halogens is 1. The molecular formula is C13H19BrO4S. The smallest absolute Gasteiger partial charge is 0.152 e. The minimum atomic E-state index is -3.28. The summed E-state index contributed by atoms with van der Waals surface area (Å²) in [6.07, 6.45) is 0.975. The SMILES string of the molecule is CCCOc1ccc(C(O)C(C)S(C)(=O)=O)cc1Br. The van der Waals surface area contributed by atoms with Crippen molar-refractivity contribution >= 4 is 25.8 Å². The van der Waals surface area contributed by atoms with Crippen LogP contribution in [0.5, 0.6) is 5.75 Å². The zero-order valence-electron chi connectivity index (χ0n) is 11.3. The summed E-state index contributed by atoms with van der Waals surface area (Å²) in [6, 6.07) is 5.10. The molecule has 0 bridgehead atoms. The van der Waals surface area contributed by atoms with Gasteiger partial charge in [-0.1, -0.05) is 13.0 Å². The van der Waals surface area contributed by atoms with Crippen LogP contribution in [-0.2, 0) is 9.84 Å². The van der Waals surface area contributed by atoms with Gasteiger partial charge in [-0.15, -0.1) is 0 Å². The minimum Gasteiger partial charge on any atom is -0.492 e. The lowest BCUT2D eigenvalue weighted by Gasteiger charge is -2.18. The van der Waals surface area contributed by atoms with Gasteiger partial charge in [0.15, 0.2) is 9.84 Å². The molecule has 0 aliphatic rings. The second-order valence-corrected chi connectivity index (χ2v) is 7.77. The van der Waals surface area contributed by atoms with Crippen molar-refractivity contribution in [3.8, 4) is 5.75 Å². The van der Waals surface area contributed by atoms with Crippen molar-refractivity contribution in [3.63, 3.8) is 0 Å². The van der Waals surface area contributed by atoms with Crippen LogP contribution in [0.15, 0.2) is 22.7 Å². The number of hydrogen-bond donors (Lipinski definition) is 1. The predicted octanol–water partition coefficient (Wildman–Crippen LogP) is 2.70. The maximum absolute atomic E-state index is 11.4. The highest BCUT2D eigenvalue weighted by Crippen LogP contribution is 2.30. The van der Waals surface area contributed by atoms with Gasteiger partial charge >= 0.3 is 0 Å². The fraction of sp³-hybridized carbons (Fsp3) is 0.538. The number of aliphatic hydroxyl groups excluding tert-OH is 1. The molecule has 19 heavy (non-hydrogen) atoms. The van der Waals surface area contributed by atoms with E-state index in [0.29, 0.717) is 22.4 Å². The Morgan fingerprint density at radius 1 is 1.42 bits per heavy atom. The van der Waals surface area contributed by atoms with E-state index >= 15 is 0 Å². The number of aliphatic hydroxyl groups is 1. The topological polar surface area (TPSA) is 63.6 Å². The molecule has 0 amide bonds. The largest absolute Gasteiger partial charge is 0.492 e. The molecule has 0 spiro atoms. The molecular weight excluding hydrogens is 332 g/mol. The molecule has 0 radical (unpaired) electrons.